The van der Waals surface area contributed by atoms with Gasteiger partial charge in [0.25, 0.3) is 5.91 Å². The number of piperidine rings is 1. The van der Waals surface area contributed by atoms with Gasteiger partial charge < -0.3 is 14.5 Å². The molecule has 0 bridgehead atoms. The van der Waals surface area contributed by atoms with E-state index < -0.39 is 0 Å². The summed E-state index contributed by atoms with van der Waals surface area (Å²) >= 11 is 0. The first-order valence-corrected chi connectivity index (χ1v) is 8.74. The number of nitrogens with zero attached hydrogens (tertiary/aromatic N) is 5. The largest absolute Gasteiger partial charge is 0.366 e. The first-order chi connectivity index (χ1) is 11.6. The van der Waals surface area contributed by atoms with Crippen molar-refractivity contribution in [1.29, 1.82) is 0 Å². The third-order valence-electron chi connectivity index (χ3n) is 4.59. The van der Waals surface area contributed by atoms with E-state index in [1.165, 1.54) is 6.42 Å². The zero-order chi connectivity index (χ0) is 16.9. The number of carbonyl (C=O) groups excluding carboxylic acids is 1. The summed E-state index contributed by atoms with van der Waals surface area (Å²) in [5.74, 6) is 0.859. The highest BCUT2D eigenvalue weighted by atomic mass is 16.5. The maximum atomic E-state index is 12.6. The number of hydrogen-bond donors (Lipinski definition) is 0. The van der Waals surface area contributed by atoms with Gasteiger partial charge >= 0.3 is 0 Å². The summed E-state index contributed by atoms with van der Waals surface area (Å²) in [5, 5.41) is 0. The molecule has 2 fully saturated rings. The topological polar surface area (TPSA) is 61.8 Å². The molecule has 2 aliphatic heterocycles. The lowest BCUT2D eigenvalue weighted by atomic mass is 10.1. The van der Waals surface area contributed by atoms with Gasteiger partial charge in [0.2, 0.25) is 5.95 Å². The van der Waals surface area contributed by atoms with Crippen LogP contribution in [0, 0.1) is 0 Å². The highest BCUT2D eigenvalue weighted by Gasteiger charge is 2.30. The highest BCUT2D eigenvalue weighted by molar-refractivity contribution is 5.81. The van der Waals surface area contributed by atoms with E-state index >= 15 is 0 Å². The van der Waals surface area contributed by atoms with Crippen LogP contribution in [0.25, 0.3) is 0 Å². The third-order valence-corrected chi connectivity index (χ3v) is 4.59. The Morgan fingerprint density at radius 3 is 2.58 bits per heavy atom. The van der Waals surface area contributed by atoms with Gasteiger partial charge in [-0.3, -0.25) is 9.69 Å². The van der Waals surface area contributed by atoms with E-state index in [1.807, 2.05) is 36.3 Å². The molecule has 1 aromatic heterocycles. The number of rotatable bonds is 4. The van der Waals surface area contributed by atoms with Gasteiger partial charge in [0.15, 0.2) is 0 Å². The molecule has 24 heavy (non-hydrogen) atoms. The first kappa shape index (κ1) is 17.1. The monoisotopic (exact) mass is 333 g/mol. The van der Waals surface area contributed by atoms with Gasteiger partial charge in [-0.15, -0.1) is 0 Å². The van der Waals surface area contributed by atoms with Crippen LogP contribution in [0.2, 0.25) is 0 Å². The molecule has 0 N–H and O–H groups in total. The van der Waals surface area contributed by atoms with Crippen molar-refractivity contribution >= 4 is 11.9 Å². The Kier molecular flexibility index (Phi) is 5.63. The summed E-state index contributed by atoms with van der Waals surface area (Å²) in [6, 6.07) is 0. The summed E-state index contributed by atoms with van der Waals surface area (Å²) in [7, 11) is 3.85. The Bertz CT molecular complexity index is 542. The van der Waals surface area contributed by atoms with Crippen LogP contribution in [0.4, 0.5) is 5.95 Å². The van der Waals surface area contributed by atoms with Crippen LogP contribution >= 0.6 is 0 Å². The van der Waals surface area contributed by atoms with Crippen LogP contribution in [0.5, 0.6) is 0 Å². The summed E-state index contributed by atoms with van der Waals surface area (Å²) < 4.78 is 5.74. The van der Waals surface area contributed by atoms with Crippen molar-refractivity contribution in [3.8, 4) is 0 Å². The molecule has 1 atom stereocenters. The van der Waals surface area contributed by atoms with E-state index in [4.69, 9.17) is 4.74 Å². The summed E-state index contributed by atoms with van der Waals surface area (Å²) in [6.07, 6.45) is 6.83. The zero-order valence-electron chi connectivity index (χ0n) is 14.6. The minimum absolute atomic E-state index is 0.151. The van der Waals surface area contributed by atoms with Crippen molar-refractivity contribution in [2.45, 2.75) is 31.9 Å². The zero-order valence-corrected chi connectivity index (χ0v) is 14.6. The van der Waals surface area contributed by atoms with E-state index in [0.717, 1.165) is 44.6 Å². The molecule has 3 rings (SSSR count). The number of amides is 1. The fourth-order valence-corrected chi connectivity index (χ4v) is 3.23. The fourth-order valence-electron chi connectivity index (χ4n) is 3.23. The highest BCUT2D eigenvalue weighted by Crippen LogP contribution is 2.15. The van der Waals surface area contributed by atoms with Crippen molar-refractivity contribution in [3.05, 3.63) is 18.0 Å². The molecule has 1 aromatic rings. The molecular weight excluding hydrogens is 306 g/mol. The summed E-state index contributed by atoms with van der Waals surface area (Å²) in [5.41, 5.74) is 1.06. The number of morpholine rings is 1. The molecule has 0 radical (unpaired) electrons. The molecule has 2 aliphatic rings. The SMILES string of the molecule is CN(C)c1ncc(CN2CCOC(C(=O)N3CCCCC3)C2)cn1. The number of likely N-dealkylation sites (tertiary alicyclic amines) is 1. The molecular formula is C17H27N5O2. The van der Waals surface area contributed by atoms with Crippen LogP contribution in [-0.2, 0) is 16.1 Å². The van der Waals surface area contributed by atoms with Crippen molar-refractivity contribution in [3.63, 3.8) is 0 Å². The van der Waals surface area contributed by atoms with E-state index in [9.17, 15) is 4.79 Å². The molecule has 7 nitrogen and oxygen atoms in total. The molecule has 2 saturated heterocycles. The van der Waals surface area contributed by atoms with E-state index in [1.54, 1.807) is 0 Å². The summed E-state index contributed by atoms with van der Waals surface area (Å²) in [4.78, 5) is 27.4. The van der Waals surface area contributed by atoms with Gasteiger partial charge in [-0.1, -0.05) is 0 Å². The second-order valence-corrected chi connectivity index (χ2v) is 6.77. The van der Waals surface area contributed by atoms with Crippen LogP contribution in [0.1, 0.15) is 24.8 Å². The van der Waals surface area contributed by atoms with Crippen molar-refractivity contribution in [2.24, 2.45) is 0 Å². The lowest BCUT2D eigenvalue weighted by molar-refractivity contribution is -0.150. The van der Waals surface area contributed by atoms with Gasteiger partial charge in [0.1, 0.15) is 6.10 Å². The van der Waals surface area contributed by atoms with Crippen LogP contribution < -0.4 is 4.90 Å². The quantitative estimate of drug-likeness (QED) is 0.811. The Hall–Kier alpha value is -1.73. The Morgan fingerprint density at radius 1 is 1.21 bits per heavy atom. The maximum Gasteiger partial charge on any atom is 0.253 e. The van der Waals surface area contributed by atoms with Crippen molar-refractivity contribution < 1.29 is 9.53 Å². The fraction of sp³-hybridized carbons (Fsp3) is 0.706. The average Bonchev–Trinajstić information content (AvgIpc) is 2.62. The van der Waals surface area contributed by atoms with E-state index in [0.29, 0.717) is 19.1 Å². The van der Waals surface area contributed by atoms with Gasteiger partial charge in [-0.2, -0.15) is 0 Å². The van der Waals surface area contributed by atoms with Crippen LogP contribution in [0.15, 0.2) is 12.4 Å². The minimum atomic E-state index is -0.334. The summed E-state index contributed by atoms with van der Waals surface area (Å²) in [6.45, 7) is 4.57. The molecule has 3 heterocycles. The number of aromatic nitrogens is 2. The second kappa shape index (κ2) is 7.90. The molecule has 0 aliphatic carbocycles. The van der Waals surface area contributed by atoms with Gasteiger partial charge in [0, 0.05) is 64.8 Å². The molecule has 7 heteroatoms. The Balaban J connectivity index is 1.55. The molecule has 1 unspecified atom stereocenters. The molecule has 132 valence electrons. The Labute approximate surface area is 143 Å². The molecule has 0 spiro atoms. The van der Waals surface area contributed by atoms with Gasteiger partial charge in [-0.25, -0.2) is 9.97 Å². The normalized spacial score (nSPS) is 22.4. The van der Waals surface area contributed by atoms with E-state index in [-0.39, 0.29) is 12.0 Å². The van der Waals surface area contributed by atoms with Crippen LogP contribution in [0.3, 0.4) is 0 Å². The predicted octanol–water partition coefficient (Wildman–Crippen LogP) is 0.756. The number of hydrogen-bond acceptors (Lipinski definition) is 6. The maximum absolute atomic E-state index is 12.6. The third kappa shape index (κ3) is 4.21. The lowest BCUT2D eigenvalue weighted by Gasteiger charge is -2.36. The minimum Gasteiger partial charge on any atom is -0.366 e. The standard InChI is InChI=1S/C17H27N5O2/c1-20(2)17-18-10-14(11-19-17)12-21-8-9-24-15(13-21)16(23)22-6-4-3-5-7-22/h10-11,15H,3-9,12-13H2,1-2H3. The van der Waals surface area contributed by atoms with Crippen molar-refractivity contribution in [1.82, 2.24) is 19.8 Å². The predicted molar refractivity (Wildman–Crippen MR) is 91.8 cm³/mol. The van der Waals surface area contributed by atoms with Gasteiger partial charge in [-0.05, 0) is 19.3 Å². The van der Waals surface area contributed by atoms with Crippen molar-refractivity contribution in [2.75, 3.05) is 51.8 Å². The van der Waals surface area contributed by atoms with Gasteiger partial charge in [0.05, 0.1) is 6.61 Å². The molecule has 0 saturated carbocycles. The number of carbonyl (C=O) groups is 1. The molecule has 1 amide bonds. The number of anilines is 1. The lowest BCUT2D eigenvalue weighted by Crippen LogP contribution is -2.51. The average molecular weight is 333 g/mol. The van der Waals surface area contributed by atoms with Crippen LogP contribution in [-0.4, -0.2) is 78.7 Å². The smallest absolute Gasteiger partial charge is 0.253 e. The second-order valence-electron chi connectivity index (χ2n) is 6.77. The Morgan fingerprint density at radius 2 is 1.92 bits per heavy atom. The number of ether oxygens (including phenoxy) is 1. The first-order valence-electron chi connectivity index (χ1n) is 8.74. The van der Waals surface area contributed by atoms with E-state index in [2.05, 4.69) is 14.9 Å². The molecule has 0 aromatic carbocycles.